The Labute approximate surface area is 168 Å². The van der Waals surface area contributed by atoms with E-state index in [0.29, 0.717) is 0 Å². The van der Waals surface area contributed by atoms with Gasteiger partial charge in [0.2, 0.25) is 0 Å². The number of ether oxygens (including phenoxy) is 2. The predicted molar refractivity (Wildman–Crippen MR) is 110 cm³/mol. The molecule has 8 heteroatoms. The minimum absolute atomic E-state index is 0. The Bertz CT molecular complexity index is 409. The number of methoxy groups -OCH3 is 1. The van der Waals surface area contributed by atoms with E-state index in [1.54, 1.807) is 7.11 Å². The van der Waals surface area contributed by atoms with Crippen LogP contribution in [0.5, 0.6) is 0 Å². The molecular formula is C17H33IN4O3. The fourth-order valence-electron chi connectivity index (χ4n) is 3.20. The van der Waals surface area contributed by atoms with Gasteiger partial charge in [0.15, 0.2) is 5.96 Å². The van der Waals surface area contributed by atoms with Crippen molar-refractivity contribution in [1.29, 1.82) is 0 Å². The lowest BCUT2D eigenvalue weighted by Gasteiger charge is -2.37. The van der Waals surface area contributed by atoms with Gasteiger partial charge < -0.3 is 24.6 Å². The molecule has 0 bridgehead atoms. The lowest BCUT2D eigenvalue weighted by atomic mass is 10.2. The summed E-state index contributed by atoms with van der Waals surface area (Å²) in [6, 6.07) is 0. The summed E-state index contributed by atoms with van der Waals surface area (Å²) in [5.41, 5.74) is 0. The summed E-state index contributed by atoms with van der Waals surface area (Å²) in [5, 5.41) is 3.42. The van der Waals surface area contributed by atoms with Crippen molar-refractivity contribution in [3.8, 4) is 0 Å². The van der Waals surface area contributed by atoms with Crippen LogP contribution in [0.15, 0.2) is 4.99 Å². The second-order valence-corrected chi connectivity index (χ2v) is 6.34. The van der Waals surface area contributed by atoms with Gasteiger partial charge in [0, 0.05) is 60.1 Å². The van der Waals surface area contributed by atoms with Gasteiger partial charge in [-0.15, -0.1) is 24.0 Å². The van der Waals surface area contributed by atoms with E-state index in [4.69, 9.17) is 9.47 Å². The number of amides is 1. The number of piperazine rings is 1. The van der Waals surface area contributed by atoms with E-state index in [-0.39, 0.29) is 36.0 Å². The van der Waals surface area contributed by atoms with Crippen molar-refractivity contribution in [3.63, 3.8) is 0 Å². The predicted octanol–water partition coefficient (Wildman–Crippen LogP) is 1.32. The third-order valence-corrected chi connectivity index (χ3v) is 4.62. The number of rotatable bonds is 7. The highest BCUT2D eigenvalue weighted by atomic mass is 127. The molecule has 25 heavy (non-hydrogen) atoms. The van der Waals surface area contributed by atoms with Gasteiger partial charge in [-0.1, -0.05) is 0 Å². The van der Waals surface area contributed by atoms with E-state index in [9.17, 15) is 4.79 Å². The smallest absolute Gasteiger partial charge is 0.251 e. The lowest BCUT2D eigenvalue weighted by Crippen LogP contribution is -2.55. The molecule has 1 amide bonds. The summed E-state index contributed by atoms with van der Waals surface area (Å²) < 4.78 is 10.6. The molecule has 1 atom stereocenters. The third kappa shape index (κ3) is 7.26. The Morgan fingerprint density at radius 1 is 1.20 bits per heavy atom. The maximum absolute atomic E-state index is 12.4. The zero-order valence-electron chi connectivity index (χ0n) is 15.5. The Balaban J connectivity index is 0.00000312. The molecule has 7 nitrogen and oxygen atoms in total. The Hall–Kier alpha value is -0.610. The van der Waals surface area contributed by atoms with Gasteiger partial charge in [-0.05, 0) is 32.1 Å². The van der Waals surface area contributed by atoms with Crippen LogP contribution in [-0.4, -0.2) is 87.9 Å². The molecule has 2 aliphatic rings. The summed E-state index contributed by atoms with van der Waals surface area (Å²) in [6.07, 6.45) is 5.02. The molecule has 0 aromatic rings. The van der Waals surface area contributed by atoms with Crippen molar-refractivity contribution < 1.29 is 14.3 Å². The number of hydrogen-bond donors (Lipinski definition) is 1. The van der Waals surface area contributed by atoms with Crippen molar-refractivity contribution in [3.05, 3.63) is 0 Å². The molecule has 0 saturated carbocycles. The SMILES string of the molecule is CN=C(NCCCCCOC)N1CCN(C(=O)C2CCCO2)CC1.I. The van der Waals surface area contributed by atoms with Gasteiger partial charge in [0.25, 0.3) is 5.91 Å². The van der Waals surface area contributed by atoms with Crippen LogP contribution in [0, 0.1) is 0 Å². The van der Waals surface area contributed by atoms with E-state index in [1.807, 2.05) is 11.9 Å². The van der Waals surface area contributed by atoms with Gasteiger partial charge in [-0.25, -0.2) is 0 Å². The second-order valence-electron chi connectivity index (χ2n) is 6.34. The summed E-state index contributed by atoms with van der Waals surface area (Å²) in [5.74, 6) is 1.10. The van der Waals surface area contributed by atoms with Gasteiger partial charge in [-0.2, -0.15) is 0 Å². The van der Waals surface area contributed by atoms with E-state index in [1.165, 1.54) is 0 Å². The molecule has 0 aromatic carbocycles. The Morgan fingerprint density at radius 2 is 1.92 bits per heavy atom. The van der Waals surface area contributed by atoms with Gasteiger partial charge >= 0.3 is 0 Å². The molecule has 1 unspecified atom stereocenters. The Kier molecular flexibility index (Phi) is 11.4. The van der Waals surface area contributed by atoms with Gasteiger partial charge in [-0.3, -0.25) is 9.79 Å². The highest BCUT2D eigenvalue weighted by Gasteiger charge is 2.30. The molecule has 0 aliphatic carbocycles. The lowest BCUT2D eigenvalue weighted by molar-refractivity contribution is -0.142. The highest BCUT2D eigenvalue weighted by molar-refractivity contribution is 14.0. The summed E-state index contributed by atoms with van der Waals surface area (Å²) in [7, 11) is 3.56. The first-order valence-corrected chi connectivity index (χ1v) is 9.11. The summed E-state index contributed by atoms with van der Waals surface area (Å²) >= 11 is 0. The summed E-state index contributed by atoms with van der Waals surface area (Å²) in [6.45, 7) is 5.60. The molecule has 2 saturated heterocycles. The van der Waals surface area contributed by atoms with Crippen LogP contribution >= 0.6 is 24.0 Å². The normalized spacial score (nSPS) is 21.2. The topological polar surface area (TPSA) is 66.4 Å². The molecular weight excluding hydrogens is 435 g/mol. The van der Waals surface area contributed by atoms with Crippen LogP contribution in [0.25, 0.3) is 0 Å². The van der Waals surface area contributed by atoms with Gasteiger partial charge in [0.1, 0.15) is 6.10 Å². The van der Waals surface area contributed by atoms with Crippen LogP contribution < -0.4 is 5.32 Å². The minimum Gasteiger partial charge on any atom is -0.385 e. The van der Waals surface area contributed by atoms with Crippen LogP contribution in [0.4, 0.5) is 0 Å². The zero-order valence-corrected chi connectivity index (χ0v) is 17.9. The highest BCUT2D eigenvalue weighted by Crippen LogP contribution is 2.16. The first-order valence-electron chi connectivity index (χ1n) is 9.11. The van der Waals surface area contributed by atoms with E-state index in [0.717, 1.165) is 84.0 Å². The molecule has 0 spiro atoms. The number of nitrogens with one attached hydrogen (secondary N) is 1. The standard InChI is InChI=1S/C17H32N4O3.HI/c1-18-17(19-8-4-3-5-13-23-2)21-11-9-20(10-12-21)16(22)15-7-6-14-24-15;/h15H,3-14H2,1-2H3,(H,18,19);1H. The number of guanidine groups is 1. The maximum atomic E-state index is 12.4. The summed E-state index contributed by atoms with van der Waals surface area (Å²) in [4.78, 5) is 20.9. The fourth-order valence-corrected chi connectivity index (χ4v) is 3.20. The van der Waals surface area contributed by atoms with Crippen molar-refractivity contribution >= 4 is 35.8 Å². The first kappa shape index (κ1) is 22.4. The monoisotopic (exact) mass is 468 g/mol. The average Bonchev–Trinajstić information content (AvgIpc) is 3.15. The second kappa shape index (κ2) is 12.7. The van der Waals surface area contributed by atoms with Crippen LogP contribution in [0.3, 0.4) is 0 Å². The zero-order chi connectivity index (χ0) is 17.2. The van der Waals surface area contributed by atoms with Crippen LogP contribution in [-0.2, 0) is 14.3 Å². The van der Waals surface area contributed by atoms with E-state index in [2.05, 4.69) is 15.2 Å². The van der Waals surface area contributed by atoms with Crippen molar-refractivity contribution in [2.24, 2.45) is 4.99 Å². The van der Waals surface area contributed by atoms with E-state index < -0.39 is 0 Å². The van der Waals surface area contributed by atoms with Crippen molar-refractivity contribution in [2.45, 2.75) is 38.2 Å². The van der Waals surface area contributed by atoms with Crippen LogP contribution in [0.1, 0.15) is 32.1 Å². The molecule has 0 aromatic heterocycles. The van der Waals surface area contributed by atoms with Gasteiger partial charge in [0.05, 0.1) is 0 Å². The fraction of sp³-hybridized carbons (Fsp3) is 0.882. The average molecular weight is 468 g/mol. The molecule has 1 N–H and O–H groups in total. The molecule has 2 fully saturated rings. The molecule has 2 rings (SSSR count). The number of unbranched alkanes of at least 4 members (excludes halogenated alkanes) is 2. The molecule has 0 radical (unpaired) electrons. The number of nitrogens with zero attached hydrogens (tertiary/aromatic N) is 3. The van der Waals surface area contributed by atoms with Crippen molar-refractivity contribution in [2.75, 3.05) is 60.1 Å². The van der Waals surface area contributed by atoms with Crippen LogP contribution in [0.2, 0.25) is 0 Å². The number of carbonyl (C=O) groups excluding carboxylic acids is 1. The number of aliphatic imine (C=N–C) groups is 1. The quantitative estimate of drug-likeness (QED) is 0.264. The first-order chi connectivity index (χ1) is 11.8. The number of halogens is 1. The third-order valence-electron chi connectivity index (χ3n) is 4.62. The largest absolute Gasteiger partial charge is 0.385 e. The van der Waals surface area contributed by atoms with E-state index >= 15 is 0 Å². The number of hydrogen-bond acceptors (Lipinski definition) is 4. The Morgan fingerprint density at radius 3 is 2.52 bits per heavy atom. The molecule has 146 valence electrons. The molecule has 2 heterocycles. The minimum atomic E-state index is -0.207. The van der Waals surface area contributed by atoms with Crippen molar-refractivity contribution in [1.82, 2.24) is 15.1 Å². The molecule has 2 aliphatic heterocycles. The number of carbonyl (C=O) groups is 1. The maximum Gasteiger partial charge on any atom is 0.251 e.